The Labute approximate surface area is 236 Å². The van der Waals surface area contributed by atoms with Crippen LogP contribution < -0.4 is 10.0 Å². The van der Waals surface area contributed by atoms with Gasteiger partial charge in [0, 0.05) is 45.6 Å². The number of carbonyl (C=O) groups is 3. The maximum atomic E-state index is 13.2. The van der Waals surface area contributed by atoms with E-state index in [0.717, 1.165) is 20.5 Å². The molecule has 4 aromatic rings. The van der Waals surface area contributed by atoms with Crippen molar-refractivity contribution in [3.8, 4) is 11.1 Å². The second kappa shape index (κ2) is 11.9. The van der Waals surface area contributed by atoms with Gasteiger partial charge in [-0.1, -0.05) is 80.7 Å². The summed E-state index contributed by atoms with van der Waals surface area (Å²) in [6.45, 7) is 15.0. The first-order valence-electron chi connectivity index (χ1n) is 13.1. The summed E-state index contributed by atoms with van der Waals surface area (Å²) >= 11 is 2.78. The molecule has 39 heavy (non-hydrogen) atoms. The Kier molecular flexibility index (Phi) is 8.75. The summed E-state index contributed by atoms with van der Waals surface area (Å²) in [7, 11) is 0. The molecule has 0 bridgehead atoms. The van der Waals surface area contributed by atoms with E-state index in [4.69, 9.17) is 9.97 Å². The van der Waals surface area contributed by atoms with Crippen molar-refractivity contribution in [3.05, 3.63) is 35.9 Å². The molecule has 2 aromatic heterocycles. The Balaban J connectivity index is 2.13. The number of rotatable bonds is 10. The van der Waals surface area contributed by atoms with Gasteiger partial charge >= 0.3 is 0 Å². The number of anilines is 2. The van der Waals surface area contributed by atoms with Gasteiger partial charge in [-0.25, -0.2) is 30.0 Å². The van der Waals surface area contributed by atoms with Crippen LogP contribution in [0.2, 0.25) is 0 Å². The highest BCUT2D eigenvalue weighted by atomic mass is 32.1. The second-order valence-corrected chi connectivity index (χ2v) is 10.9. The molecule has 0 fully saturated rings. The number of Topliss-reactive ketones (excluding diaryl/α,β-unsaturated/α-hetero) is 1. The molecule has 0 aliphatic carbocycles. The van der Waals surface area contributed by atoms with Crippen LogP contribution >= 0.6 is 22.7 Å². The predicted molar refractivity (Wildman–Crippen MR) is 160 cm³/mol. The van der Waals surface area contributed by atoms with Crippen LogP contribution in [-0.4, -0.2) is 63.8 Å². The summed E-state index contributed by atoms with van der Waals surface area (Å²) in [6, 6.07) is 9.91. The van der Waals surface area contributed by atoms with Gasteiger partial charge in [0.15, 0.2) is 5.78 Å². The lowest BCUT2D eigenvalue weighted by atomic mass is 10.00. The van der Waals surface area contributed by atoms with Crippen LogP contribution in [0.25, 0.3) is 31.6 Å². The van der Waals surface area contributed by atoms with Crippen LogP contribution in [0.3, 0.4) is 0 Å². The van der Waals surface area contributed by atoms with Crippen molar-refractivity contribution in [2.75, 3.05) is 36.2 Å². The van der Waals surface area contributed by atoms with E-state index in [-0.39, 0.29) is 17.6 Å². The first-order chi connectivity index (χ1) is 18.7. The number of hydrogen-bond donors (Lipinski definition) is 0. The molecule has 0 saturated heterocycles. The fraction of sp³-hybridized carbons (Fsp3) is 0.393. The summed E-state index contributed by atoms with van der Waals surface area (Å²) in [5.41, 5.74) is 3.27. The Morgan fingerprint density at radius 2 is 1.10 bits per heavy atom. The summed E-state index contributed by atoms with van der Waals surface area (Å²) in [5, 5.41) is 8.04. The zero-order valence-corrected chi connectivity index (χ0v) is 25.1. The lowest BCUT2D eigenvalue weighted by Crippen LogP contribution is -2.45. The molecule has 0 spiro atoms. The Hall–Kier alpha value is -3.25. The van der Waals surface area contributed by atoms with Gasteiger partial charge in [0.2, 0.25) is 22.1 Å². The molecule has 0 aliphatic heterocycles. The first kappa shape index (κ1) is 28.8. The zero-order chi connectivity index (χ0) is 28.4. The van der Waals surface area contributed by atoms with E-state index in [2.05, 4.69) is 0 Å². The maximum Gasteiger partial charge on any atom is 0.240 e. The quantitative estimate of drug-likeness (QED) is 0.172. The molecule has 0 aliphatic rings. The van der Waals surface area contributed by atoms with Crippen LogP contribution in [0.5, 0.6) is 0 Å². The molecule has 0 unspecified atom stereocenters. The van der Waals surface area contributed by atoms with Gasteiger partial charge in [-0.3, -0.25) is 14.4 Å². The third-order valence-corrected chi connectivity index (χ3v) is 8.66. The summed E-state index contributed by atoms with van der Waals surface area (Å²) < 4.78 is 1.61. The molecule has 206 valence electrons. The molecule has 2 heterocycles. The van der Waals surface area contributed by atoms with Gasteiger partial charge in [0.05, 0.1) is 26.0 Å². The van der Waals surface area contributed by atoms with Crippen molar-refractivity contribution < 1.29 is 14.4 Å². The predicted octanol–water partition coefficient (Wildman–Crippen LogP) is 6.00. The van der Waals surface area contributed by atoms with Crippen molar-refractivity contribution in [2.24, 2.45) is 0 Å². The molecule has 2 amide bonds. The number of thiazole rings is 2. The molecule has 0 radical (unpaired) electrons. The summed E-state index contributed by atoms with van der Waals surface area (Å²) in [6.07, 6.45) is 0. The molecule has 0 N–H and O–H groups in total. The van der Waals surface area contributed by atoms with Crippen molar-refractivity contribution in [2.45, 2.75) is 48.5 Å². The van der Waals surface area contributed by atoms with Crippen molar-refractivity contribution in [1.82, 2.24) is 20.0 Å². The third kappa shape index (κ3) is 5.19. The van der Waals surface area contributed by atoms with Gasteiger partial charge in [-0.15, -0.1) is 0 Å². The van der Waals surface area contributed by atoms with Gasteiger partial charge < -0.3 is 0 Å². The molecule has 4 rings (SSSR count). The number of amides is 2. The number of ketones is 1. The van der Waals surface area contributed by atoms with Crippen LogP contribution in [0.15, 0.2) is 30.3 Å². The number of aromatic nitrogens is 2. The normalized spacial score (nSPS) is 11.6. The smallest absolute Gasteiger partial charge is 0.240 e. The summed E-state index contributed by atoms with van der Waals surface area (Å²) in [4.78, 5) is 48.5. The Morgan fingerprint density at radius 1 is 0.692 bits per heavy atom. The van der Waals surface area contributed by atoms with E-state index in [1.807, 2.05) is 68.0 Å². The SMILES string of the molecule is CCN(CC)N(C(C)=O)c1nc2c(C(C)=O)c3nc(N(C(C)=O)N(CC)CC)sc3c(-c3ccccc3)c2s1. The lowest BCUT2D eigenvalue weighted by Gasteiger charge is -2.30. The van der Waals surface area contributed by atoms with Gasteiger partial charge in [-0.05, 0) is 12.5 Å². The standard InChI is InChI=1S/C28H34N6O3S2/c1-8-31(9-2)33(18(6)36)27-29-23-21(17(5)35)24-26(22(25(23)38-27)20-15-13-12-14-16-20)39-28(30-24)34(19(7)37)32(10-3)11-4/h12-16H,8-11H2,1-7H3. The van der Waals surface area contributed by atoms with E-state index in [0.29, 0.717) is 53.0 Å². The van der Waals surface area contributed by atoms with Gasteiger partial charge in [-0.2, -0.15) is 0 Å². The van der Waals surface area contributed by atoms with Crippen LogP contribution in [-0.2, 0) is 9.59 Å². The third-order valence-electron chi connectivity index (χ3n) is 6.56. The van der Waals surface area contributed by atoms with E-state index in [9.17, 15) is 14.4 Å². The molecule has 11 heteroatoms. The minimum absolute atomic E-state index is 0.151. The fourth-order valence-electron chi connectivity index (χ4n) is 4.81. The van der Waals surface area contributed by atoms with Gasteiger partial charge in [0.25, 0.3) is 0 Å². The average Bonchev–Trinajstić information content (AvgIpc) is 3.52. The van der Waals surface area contributed by atoms with Gasteiger partial charge in [0.1, 0.15) is 0 Å². The monoisotopic (exact) mass is 566 g/mol. The number of nitrogens with zero attached hydrogens (tertiary/aromatic N) is 6. The number of benzene rings is 2. The molecular weight excluding hydrogens is 532 g/mol. The molecule has 0 atom stereocenters. The highest BCUT2D eigenvalue weighted by molar-refractivity contribution is 7.25. The van der Waals surface area contributed by atoms with E-state index < -0.39 is 0 Å². The van der Waals surface area contributed by atoms with Crippen molar-refractivity contribution in [3.63, 3.8) is 0 Å². The molecule has 9 nitrogen and oxygen atoms in total. The number of fused-ring (bicyclic) bond motifs is 2. The Morgan fingerprint density at radius 3 is 1.44 bits per heavy atom. The zero-order valence-electron chi connectivity index (χ0n) is 23.4. The van der Waals surface area contributed by atoms with Crippen LogP contribution in [0.4, 0.5) is 10.3 Å². The lowest BCUT2D eigenvalue weighted by molar-refractivity contribution is -0.120. The maximum absolute atomic E-state index is 13.2. The number of hydrazine groups is 2. The van der Waals surface area contributed by atoms with Crippen molar-refractivity contribution >= 4 is 71.0 Å². The Bertz CT molecular complexity index is 1440. The van der Waals surface area contributed by atoms with Crippen LogP contribution in [0, 0.1) is 0 Å². The average molecular weight is 567 g/mol. The van der Waals surface area contributed by atoms with E-state index >= 15 is 0 Å². The minimum atomic E-state index is -0.173. The molecular formula is C28H34N6O3S2. The molecule has 2 aromatic carbocycles. The number of hydrogen-bond acceptors (Lipinski definition) is 9. The van der Waals surface area contributed by atoms with Crippen molar-refractivity contribution in [1.29, 1.82) is 0 Å². The van der Waals surface area contributed by atoms with E-state index in [1.54, 1.807) is 10.0 Å². The minimum Gasteiger partial charge on any atom is -0.294 e. The summed E-state index contributed by atoms with van der Waals surface area (Å²) in [5.74, 6) is -0.475. The fourth-order valence-corrected chi connectivity index (χ4v) is 7.31. The number of carbonyl (C=O) groups excluding carboxylic acids is 3. The van der Waals surface area contributed by atoms with Crippen LogP contribution in [0.1, 0.15) is 58.8 Å². The topological polar surface area (TPSA) is 90.0 Å². The second-order valence-electron chi connectivity index (χ2n) is 8.96. The molecule has 0 saturated carbocycles. The largest absolute Gasteiger partial charge is 0.294 e. The highest BCUT2D eigenvalue weighted by Crippen LogP contribution is 2.47. The van der Waals surface area contributed by atoms with E-state index in [1.165, 1.54) is 43.4 Å². The first-order valence-corrected chi connectivity index (χ1v) is 14.8. The highest BCUT2D eigenvalue weighted by Gasteiger charge is 2.30.